The molecule has 0 atom stereocenters. The average Bonchev–Trinajstić information content (AvgIpc) is 3.24. The molecule has 0 aromatic heterocycles. The maximum absolute atomic E-state index is 13.8. The standard InChI is InChI=1S/C14H15F2NO2/c15-11-9(14(18)19)5-6-10(12(11)16)17-13(7-1-2-7)8-3-4-8/h5-8,13,17H,1-4H2,(H,18,19). The number of rotatable bonds is 5. The van der Waals surface area contributed by atoms with Crippen LogP contribution in [0.5, 0.6) is 0 Å². The molecule has 3 rings (SSSR count). The van der Waals surface area contributed by atoms with Crippen LogP contribution in [0, 0.1) is 23.5 Å². The van der Waals surface area contributed by atoms with E-state index in [9.17, 15) is 13.6 Å². The summed E-state index contributed by atoms with van der Waals surface area (Å²) in [5.74, 6) is -2.74. The number of carboxylic acids is 1. The Bertz CT molecular complexity index is 512. The third kappa shape index (κ3) is 2.41. The normalized spacial score (nSPS) is 18.7. The van der Waals surface area contributed by atoms with Gasteiger partial charge in [0.05, 0.1) is 11.3 Å². The highest BCUT2D eigenvalue weighted by Crippen LogP contribution is 2.46. The SMILES string of the molecule is O=C(O)c1ccc(NC(C2CC2)C2CC2)c(F)c1F. The predicted octanol–water partition coefficient (Wildman–Crippen LogP) is 3.26. The number of nitrogens with one attached hydrogen (secondary N) is 1. The first-order valence-electron chi connectivity index (χ1n) is 6.55. The van der Waals surface area contributed by atoms with Crippen molar-refractivity contribution in [1.82, 2.24) is 0 Å². The van der Waals surface area contributed by atoms with Crippen molar-refractivity contribution >= 4 is 11.7 Å². The van der Waals surface area contributed by atoms with Gasteiger partial charge in [0, 0.05) is 6.04 Å². The smallest absolute Gasteiger partial charge is 0.338 e. The fourth-order valence-corrected chi connectivity index (χ4v) is 2.54. The van der Waals surface area contributed by atoms with Gasteiger partial charge in [-0.2, -0.15) is 0 Å². The van der Waals surface area contributed by atoms with Gasteiger partial charge in [-0.05, 0) is 49.7 Å². The summed E-state index contributed by atoms with van der Waals surface area (Å²) in [5.41, 5.74) is -0.552. The molecule has 2 aliphatic rings. The molecule has 0 aliphatic heterocycles. The minimum Gasteiger partial charge on any atom is -0.478 e. The van der Waals surface area contributed by atoms with Crippen LogP contribution in [0.4, 0.5) is 14.5 Å². The molecular formula is C14H15F2NO2. The maximum Gasteiger partial charge on any atom is 0.338 e. The van der Waals surface area contributed by atoms with E-state index in [2.05, 4.69) is 5.32 Å². The van der Waals surface area contributed by atoms with Crippen LogP contribution in [0.2, 0.25) is 0 Å². The van der Waals surface area contributed by atoms with Crippen molar-refractivity contribution in [3.63, 3.8) is 0 Å². The Labute approximate surface area is 109 Å². The van der Waals surface area contributed by atoms with Gasteiger partial charge in [-0.15, -0.1) is 0 Å². The van der Waals surface area contributed by atoms with Gasteiger partial charge in [0.25, 0.3) is 0 Å². The zero-order valence-electron chi connectivity index (χ0n) is 10.3. The highest BCUT2D eigenvalue weighted by Gasteiger charge is 2.41. The number of hydrogen-bond donors (Lipinski definition) is 2. The Kier molecular flexibility index (Phi) is 2.92. The van der Waals surface area contributed by atoms with E-state index >= 15 is 0 Å². The lowest BCUT2D eigenvalue weighted by molar-refractivity contribution is 0.0690. The number of halogens is 2. The lowest BCUT2D eigenvalue weighted by atomic mass is 10.1. The zero-order chi connectivity index (χ0) is 13.6. The van der Waals surface area contributed by atoms with E-state index in [1.54, 1.807) is 0 Å². The highest BCUT2D eigenvalue weighted by atomic mass is 19.2. The van der Waals surface area contributed by atoms with E-state index in [1.807, 2.05) is 0 Å². The molecule has 5 heteroatoms. The monoisotopic (exact) mass is 267 g/mol. The number of carboxylic acid groups (broad SMARTS) is 1. The molecule has 1 aromatic rings. The summed E-state index contributed by atoms with van der Waals surface area (Å²) < 4.78 is 27.5. The van der Waals surface area contributed by atoms with Gasteiger partial charge >= 0.3 is 5.97 Å². The average molecular weight is 267 g/mol. The molecule has 0 unspecified atom stereocenters. The first kappa shape index (κ1) is 12.4. The minimum atomic E-state index is -1.45. The van der Waals surface area contributed by atoms with E-state index in [1.165, 1.54) is 6.07 Å². The predicted molar refractivity (Wildman–Crippen MR) is 66.2 cm³/mol. The third-order valence-electron chi connectivity index (χ3n) is 3.89. The second-order valence-corrected chi connectivity index (χ2v) is 5.44. The van der Waals surface area contributed by atoms with Gasteiger partial charge < -0.3 is 10.4 Å². The first-order chi connectivity index (χ1) is 9.08. The van der Waals surface area contributed by atoms with Crippen LogP contribution in [0.1, 0.15) is 36.0 Å². The summed E-state index contributed by atoms with van der Waals surface area (Å²) in [4.78, 5) is 10.7. The molecule has 2 N–H and O–H groups in total. The Balaban J connectivity index is 1.84. The molecule has 19 heavy (non-hydrogen) atoms. The molecule has 1 aromatic carbocycles. The summed E-state index contributed by atoms with van der Waals surface area (Å²) in [6.45, 7) is 0. The van der Waals surface area contributed by atoms with Gasteiger partial charge in [-0.1, -0.05) is 0 Å². The van der Waals surface area contributed by atoms with Crippen LogP contribution in [0.15, 0.2) is 12.1 Å². The summed E-state index contributed by atoms with van der Waals surface area (Å²) in [6.07, 6.45) is 4.52. The Morgan fingerprint density at radius 3 is 2.21 bits per heavy atom. The van der Waals surface area contributed by atoms with Crippen LogP contribution in [0.3, 0.4) is 0 Å². The molecule has 0 radical (unpaired) electrons. The molecule has 2 saturated carbocycles. The summed E-state index contributed by atoms with van der Waals surface area (Å²) in [7, 11) is 0. The van der Waals surface area contributed by atoms with Gasteiger partial charge in [-0.3, -0.25) is 0 Å². The Morgan fingerprint density at radius 2 is 1.74 bits per heavy atom. The van der Waals surface area contributed by atoms with Crippen molar-refractivity contribution < 1.29 is 18.7 Å². The van der Waals surface area contributed by atoms with E-state index < -0.39 is 23.2 Å². The zero-order valence-corrected chi connectivity index (χ0v) is 10.3. The number of aromatic carboxylic acids is 1. The van der Waals surface area contributed by atoms with Crippen LogP contribution in [-0.2, 0) is 0 Å². The molecule has 2 fully saturated rings. The summed E-state index contributed by atoms with van der Waals surface area (Å²) in [6, 6.07) is 2.63. The van der Waals surface area contributed by atoms with Crippen LogP contribution in [-0.4, -0.2) is 17.1 Å². The molecule has 0 saturated heterocycles. The lowest BCUT2D eigenvalue weighted by Crippen LogP contribution is -2.25. The van der Waals surface area contributed by atoms with Crippen molar-refractivity contribution in [3.8, 4) is 0 Å². The molecule has 3 nitrogen and oxygen atoms in total. The Hall–Kier alpha value is -1.65. The first-order valence-corrected chi connectivity index (χ1v) is 6.55. The highest BCUT2D eigenvalue weighted by molar-refractivity contribution is 5.88. The maximum atomic E-state index is 13.8. The second kappa shape index (κ2) is 4.47. The molecule has 0 amide bonds. The lowest BCUT2D eigenvalue weighted by Gasteiger charge is -2.19. The van der Waals surface area contributed by atoms with Gasteiger partial charge in [0.1, 0.15) is 0 Å². The van der Waals surface area contributed by atoms with Crippen molar-refractivity contribution in [2.24, 2.45) is 11.8 Å². The molecule has 102 valence electrons. The largest absolute Gasteiger partial charge is 0.478 e. The molecule has 0 heterocycles. The fraction of sp³-hybridized carbons (Fsp3) is 0.500. The second-order valence-electron chi connectivity index (χ2n) is 5.44. The number of hydrogen-bond acceptors (Lipinski definition) is 2. The fourth-order valence-electron chi connectivity index (χ4n) is 2.54. The Morgan fingerprint density at radius 1 is 1.16 bits per heavy atom. The van der Waals surface area contributed by atoms with E-state index in [4.69, 9.17) is 5.11 Å². The molecule has 0 bridgehead atoms. The van der Waals surface area contributed by atoms with Crippen molar-refractivity contribution in [3.05, 3.63) is 29.3 Å². The molecule has 2 aliphatic carbocycles. The van der Waals surface area contributed by atoms with Crippen molar-refractivity contribution in [2.45, 2.75) is 31.7 Å². The third-order valence-corrected chi connectivity index (χ3v) is 3.89. The quantitative estimate of drug-likeness (QED) is 0.860. The van der Waals surface area contributed by atoms with Crippen LogP contribution >= 0.6 is 0 Å². The van der Waals surface area contributed by atoms with Gasteiger partial charge in [0.2, 0.25) is 0 Å². The number of anilines is 1. The van der Waals surface area contributed by atoms with Gasteiger partial charge in [0.15, 0.2) is 11.6 Å². The summed E-state index contributed by atoms with van der Waals surface area (Å²) >= 11 is 0. The van der Waals surface area contributed by atoms with Crippen molar-refractivity contribution in [1.29, 1.82) is 0 Å². The van der Waals surface area contributed by atoms with Gasteiger partial charge in [-0.25, -0.2) is 13.6 Å². The molecular weight excluding hydrogens is 252 g/mol. The number of benzene rings is 1. The summed E-state index contributed by atoms with van der Waals surface area (Å²) in [5, 5.41) is 11.8. The topological polar surface area (TPSA) is 49.3 Å². The number of carbonyl (C=O) groups is 1. The van der Waals surface area contributed by atoms with E-state index in [0.29, 0.717) is 11.8 Å². The van der Waals surface area contributed by atoms with E-state index in [-0.39, 0.29) is 11.7 Å². The minimum absolute atomic E-state index is 0.0753. The molecule has 0 spiro atoms. The van der Waals surface area contributed by atoms with Crippen LogP contribution < -0.4 is 5.32 Å². The van der Waals surface area contributed by atoms with Crippen LogP contribution in [0.25, 0.3) is 0 Å². The van der Waals surface area contributed by atoms with E-state index in [0.717, 1.165) is 31.7 Å². The van der Waals surface area contributed by atoms with Crippen molar-refractivity contribution in [2.75, 3.05) is 5.32 Å².